The van der Waals surface area contributed by atoms with Gasteiger partial charge in [0.2, 0.25) is 0 Å². The molecule has 17 heavy (non-hydrogen) atoms. The van der Waals surface area contributed by atoms with Crippen molar-refractivity contribution in [3.8, 4) is 0 Å². The topological polar surface area (TPSA) is 6.48 Å². The van der Waals surface area contributed by atoms with Gasteiger partial charge in [-0.1, -0.05) is 13.8 Å². The Labute approximate surface area is 111 Å². The quantitative estimate of drug-likeness (QED) is 0.557. The molecule has 0 saturated carbocycles. The van der Waals surface area contributed by atoms with Gasteiger partial charge in [-0.05, 0) is 78.5 Å². The van der Waals surface area contributed by atoms with Gasteiger partial charge in [0.25, 0.3) is 0 Å². The van der Waals surface area contributed by atoms with Crippen molar-refractivity contribution < 1.29 is 0 Å². The predicted octanol–water partition coefficient (Wildman–Crippen LogP) is 3.03. The smallest absolute Gasteiger partial charge is 0.00215 e. The molecule has 0 amide bonds. The van der Waals surface area contributed by atoms with E-state index in [2.05, 4.69) is 51.8 Å². The molecule has 0 aliphatic carbocycles. The van der Waals surface area contributed by atoms with E-state index in [1.807, 2.05) is 0 Å². The first kappa shape index (κ1) is 17.4. The minimum Gasteiger partial charge on any atom is -0.309 e. The summed E-state index contributed by atoms with van der Waals surface area (Å²) >= 11 is 0. The zero-order valence-corrected chi connectivity index (χ0v) is 13.8. The third-order valence-corrected chi connectivity index (χ3v) is 5.93. The van der Waals surface area contributed by atoms with Crippen LogP contribution >= 0.6 is 7.92 Å². The fourth-order valence-electron chi connectivity index (χ4n) is 2.03. The fraction of sp³-hybridized carbons (Fsp3) is 1.00. The Kier molecular flexibility index (Phi) is 10.5. The van der Waals surface area contributed by atoms with Gasteiger partial charge in [-0.25, -0.2) is 0 Å². The highest BCUT2D eigenvalue weighted by Gasteiger charge is 2.10. The van der Waals surface area contributed by atoms with E-state index < -0.39 is 0 Å². The molecular formula is C14H33N2P. The van der Waals surface area contributed by atoms with Crippen LogP contribution in [-0.2, 0) is 0 Å². The average Bonchev–Trinajstić information content (AvgIpc) is 2.15. The Morgan fingerprint density at radius 1 is 0.824 bits per heavy atom. The van der Waals surface area contributed by atoms with Gasteiger partial charge in [0.1, 0.15) is 0 Å². The van der Waals surface area contributed by atoms with Gasteiger partial charge in [-0.3, -0.25) is 0 Å². The van der Waals surface area contributed by atoms with E-state index in [0.29, 0.717) is 0 Å². The van der Waals surface area contributed by atoms with Crippen LogP contribution in [-0.4, -0.2) is 69.6 Å². The van der Waals surface area contributed by atoms with E-state index in [1.54, 1.807) is 0 Å². The van der Waals surface area contributed by atoms with Crippen molar-refractivity contribution in [2.24, 2.45) is 5.92 Å². The molecule has 0 rings (SSSR count). The monoisotopic (exact) mass is 260 g/mol. The third-order valence-electron chi connectivity index (χ3n) is 2.78. The standard InChI is InChI=1S/C14H33N2P/c1-14(2)13-17(11-7-9-15(3)4)12-8-10-16(5)6/h14H,7-13H2,1-6H3. The molecule has 0 radical (unpaired) electrons. The molecule has 0 aromatic carbocycles. The number of hydrogen-bond acceptors (Lipinski definition) is 2. The molecule has 104 valence electrons. The Morgan fingerprint density at radius 2 is 1.24 bits per heavy atom. The summed E-state index contributed by atoms with van der Waals surface area (Å²) in [6, 6.07) is 0. The van der Waals surface area contributed by atoms with E-state index in [9.17, 15) is 0 Å². The van der Waals surface area contributed by atoms with Crippen molar-refractivity contribution in [2.45, 2.75) is 26.7 Å². The van der Waals surface area contributed by atoms with Gasteiger partial charge < -0.3 is 9.80 Å². The number of nitrogens with zero attached hydrogens (tertiary/aromatic N) is 2. The van der Waals surface area contributed by atoms with Gasteiger partial charge in [0, 0.05) is 0 Å². The molecule has 0 unspecified atom stereocenters. The SMILES string of the molecule is CC(C)CP(CCCN(C)C)CCCN(C)C. The highest BCUT2D eigenvalue weighted by atomic mass is 31.1. The highest BCUT2D eigenvalue weighted by Crippen LogP contribution is 2.38. The van der Waals surface area contributed by atoms with Gasteiger partial charge >= 0.3 is 0 Å². The summed E-state index contributed by atoms with van der Waals surface area (Å²) in [7, 11) is 8.99. The molecule has 0 fully saturated rings. The zero-order chi connectivity index (χ0) is 13.3. The molecule has 2 nitrogen and oxygen atoms in total. The van der Waals surface area contributed by atoms with Gasteiger partial charge in [-0.2, -0.15) is 0 Å². The summed E-state index contributed by atoms with van der Waals surface area (Å²) in [6.07, 6.45) is 7.18. The van der Waals surface area contributed by atoms with Crippen LogP contribution in [0.15, 0.2) is 0 Å². The van der Waals surface area contributed by atoms with Crippen LogP contribution < -0.4 is 0 Å². The maximum absolute atomic E-state index is 2.37. The molecule has 0 aromatic rings. The van der Waals surface area contributed by atoms with Crippen molar-refractivity contribution >= 4 is 7.92 Å². The van der Waals surface area contributed by atoms with Crippen LogP contribution in [0.4, 0.5) is 0 Å². The Bertz CT molecular complexity index is 156. The third kappa shape index (κ3) is 12.6. The van der Waals surface area contributed by atoms with Crippen molar-refractivity contribution in [2.75, 3.05) is 59.8 Å². The molecule has 3 heteroatoms. The summed E-state index contributed by atoms with van der Waals surface area (Å²) in [4.78, 5) is 4.62. The maximum Gasteiger partial charge on any atom is -0.00215 e. The zero-order valence-electron chi connectivity index (χ0n) is 12.9. The lowest BCUT2D eigenvalue weighted by atomic mass is 10.3. The lowest BCUT2D eigenvalue weighted by Gasteiger charge is -2.21. The fourth-order valence-corrected chi connectivity index (χ4v) is 4.83. The van der Waals surface area contributed by atoms with Gasteiger partial charge in [-0.15, -0.1) is 7.92 Å². The van der Waals surface area contributed by atoms with E-state index in [1.165, 1.54) is 44.4 Å². The molecule has 0 aromatic heterocycles. The molecule has 0 spiro atoms. The van der Waals surface area contributed by atoms with Crippen LogP contribution in [0.3, 0.4) is 0 Å². The van der Waals surface area contributed by atoms with Crippen LogP contribution in [0.1, 0.15) is 26.7 Å². The van der Waals surface area contributed by atoms with E-state index in [4.69, 9.17) is 0 Å². The molecule has 0 bridgehead atoms. The summed E-state index contributed by atoms with van der Waals surface area (Å²) < 4.78 is 0. The number of hydrogen-bond donors (Lipinski definition) is 0. The van der Waals surface area contributed by atoms with E-state index in [0.717, 1.165) is 5.92 Å². The van der Waals surface area contributed by atoms with Crippen LogP contribution in [0, 0.1) is 5.92 Å². The lowest BCUT2D eigenvalue weighted by Crippen LogP contribution is -2.16. The molecule has 0 aliphatic heterocycles. The normalized spacial score (nSPS) is 12.4. The van der Waals surface area contributed by atoms with Crippen LogP contribution in [0.2, 0.25) is 0 Å². The second-order valence-corrected chi connectivity index (χ2v) is 8.61. The molecule has 0 N–H and O–H groups in total. The first-order valence-corrected chi connectivity index (χ1v) is 8.83. The Balaban J connectivity index is 3.79. The number of rotatable bonds is 10. The highest BCUT2D eigenvalue weighted by molar-refractivity contribution is 7.57. The van der Waals surface area contributed by atoms with Crippen molar-refractivity contribution in [3.63, 3.8) is 0 Å². The minimum atomic E-state index is 0.285. The molecule has 0 saturated heterocycles. The summed E-state index contributed by atoms with van der Waals surface area (Å²) in [5.74, 6) is 0.875. The Morgan fingerprint density at radius 3 is 1.53 bits per heavy atom. The largest absolute Gasteiger partial charge is 0.309 e. The molecule has 0 heterocycles. The summed E-state index contributed by atoms with van der Waals surface area (Å²) in [5, 5.41) is 0. The van der Waals surface area contributed by atoms with Crippen molar-refractivity contribution in [3.05, 3.63) is 0 Å². The van der Waals surface area contributed by atoms with Gasteiger partial charge in [0.15, 0.2) is 0 Å². The van der Waals surface area contributed by atoms with Crippen molar-refractivity contribution in [1.29, 1.82) is 0 Å². The van der Waals surface area contributed by atoms with Crippen LogP contribution in [0.25, 0.3) is 0 Å². The minimum absolute atomic E-state index is 0.285. The molecular weight excluding hydrogens is 227 g/mol. The summed E-state index contributed by atoms with van der Waals surface area (Å²) in [6.45, 7) is 7.25. The van der Waals surface area contributed by atoms with E-state index >= 15 is 0 Å². The molecule has 0 atom stereocenters. The molecule has 0 aliphatic rings. The van der Waals surface area contributed by atoms with Gasteiger partial charge in [0.05, 0.1) is 0 Å². The lowest BCUT2D eigenvalue weighted by molar-refractivity contribution is 0.407. The second kappa shape index (κ2) is 10.3. The van der Waals surface area contributed by atoms with Crippen molar-refractivity contribution in [1.82, 2.24) is 9.80 Å². The summed E-state index contributed by atoms with van der Waals surface area (Å²) in [5.41, 5.74) is 0. The average molecular weight is 260 g/mol. The first-order valence-electron chi connectivity index (χ1n) is 6.93. The first-order chi connectivity index (χ1) is 7.91. The van der Waals surface area contributed by atoms with Crippen LogP contribution in [0.5, 0.6) is 0 Å². The Hall–Kier alpha value is 0.350. The second-order valence-electron chi connectivity index (χ2n) is 6.01. The predicted molar refractivity (Wildman–Crippen MR) is 82.7 cm³/mol. The van der Waals surface area contributed by atoms with E-state index in [-0.39, 0.29) is 7.92 Å². The maximum atomic E-state index is 2.37.